The molecule has 2 aromatic carbocycles. The highest BCUT2D eigenvalue weighted by molar-refractivity contribution is 5.90. The summed E-state index contributed by atoms with van der Waals surface area (Å²) in [5, 5.41) is 10.2. The zero-order valence-corrected chi connectivity index (χ0v) is 14.3. The van der Waals surface area contributed by atoms with E-state index in [0.717, 1.165) is 0 Å². The van der Waals surface area contributed by atoms with Crippen molar-refractivity contribution >= 4 is 11.9 Å². The Hall–Kier alpha value is -2.70. The number of carbonyl (C=O) groups excluding carboxylic acids is 2. The number of hydrogen-bond acceptors (Lipinski definition) is 6. The Morgan fingerprint density at radius 1 is 0.923 bits per heavy atom. The summed E-state index contributed by atoms with van der Waals surface area (Å²) in [6.45, 7) is 1.75. The maximum Gasteiger partial charge on any atom is 0.338 e. The summed E-state index contributed by atoms with van der Waals surface area (Å²) in [5.74, 6) is -1.16. The van der Waals surface area contributed by atoms with E-state index in [0.29, 0.717) is 17.5 Å². The maximum absolute atomic E-state index is 12.3. The average Bonchev–Trinajstić information content (AvgIpc) is 2.65. The summed E-state index contributed by atoms with van der Waals surface area (Å²) in [4.78, 5) is 24.7. The maximum atomic E-state index is 12.3. The molecule has 1 aliphatic heterocycles. The van der Waals surface area contributed by atoms with Gasteiger partial charge in [0.1, 0.15) is 6.10 Å². The molecule has 1 N–H and O–H groups in total. The van der Waals surface area contributed by atoms with Crippen LogP contribution in [-0.4, -0.2) is 41.6 Å². The van der Waals surface area contributed by atoms with Crippen LogP contribution in [0.25, 0.3) is 0 Å². The molecule has 1 fully saturated rings. The number of carbonyl (C=O) groups is 2. The van der Waals surface area contributed by atoms with Crippen LogP contribution in [0.15, 0.2) is 60.7 Å². The van der Waals surface area contributed by atoms with Gasteiger partial charge in [0.05, 0.1) is 17.2 Å². The first kappa shape index (κ1) is 18.1. The van der Waals surface area contributed by atoms with E-state index in [1.54, 1.807) is 67.6 Å². The van der Waals surface area contributed by atoms with Crippen LogP contribution >= 0.6 is 0 Å². The molecule has 0 spiro atoms. The second kappa shape index (κ2) is 8.12. The summed E-state index contributed by atoms with van der Waals surface area (Å²) in [5.41, 5.74) is 0.723. The molecule has 0 bridgehead atoms. The lowest BCUT2D eigenvalue weighted by Crippen LogP contribution is -2.51. The van der Waals surface area contributed by atoms with Crippen LogP contribution in [0.1, 0.15) is 34.1 Å². The SMILES string of the molecule is CC1C[C@H](OC(=O)c2ccccc2)C(OC(=O)c2ccccc2)[C@H](O)O1. The first-order valence-corrected chi connectivity index (χ1v) is 8.40. The summed E-state index contributed by atoms with van der Waals surface area (Å²) >= 11 is 0. The van der Waals surface area contributed by atoms with Gasteiger partial charge in [0.2, 0.25) is 0 Å². The van der Waals surface area contributed by atoms with E-state index < -0.39 is 30.4 Å². The zero-order valence-electron chi connectivity index (χ0n) is 14.3. The number of aliphatic hydroxyl groups excluding tert-OH is 1. The molecule has 1 saturated heterocycles. The third kappa shape index (κ3) is 4.28. The van der Waals surface area contributed by atoms with Crippen molar-refractivity contribution in [3.63, 3.8) is 0 Å². The van der Waals surface area contributed by atoms with E-state index in [1.165, 1.54) is 0 Å². The normalized spacial score (nSPS) is 25.3. The summed E-state index contributed by atoms with van der Waals surface area (Å²) < 4.78 is 16.2. The molecule has 2 unspecified atom stereocenters. The van der Waals surface area contributed by atoms with Crippen molar-refractivity contribution in [2.24, 2.45) is 0 Å². The van der Waals surface area contributed by atoms with Gasteiger partial charge in [0.15, 0.2) is 12.4 Å². The topological polar surface area (TPSA) is 82.1 Å². The number of ether oxygens (including phenoxy) is 3. The van der Waals surface area contributed by atoms with E-state index in [2.05, 4.69) is 0 Å². The smallest absolute Gasteiger partial charge is 0.338 e. The van der Waals surface area contributed by atoms with Crippen molar-refractivity contribution in [3.05, 3.63) is 71.8 Å². The first-order chi connectivity index (χ1) is 12.5. The molecule has 136 valence electrons. The Labute approximate surface area is 151 Å². The summed E-state index contributed by atoms with van der Waals surface area (Å²) in [6.07, 6.45) is -3.33. The molecule has 0 amide bonds. The lowest BCUT2D eigenvalue weighted by molar-refractivity contribution is -0.242. The van der Waals surface area contributed by atoms with E-state index >= 15 is 0 Å². The predicted octanol–water partition coefficient (Wildman–Crippen LogP) is 2.56. The van der Waals surface area contributed by atoms with E-state index in [9.17, 15) is 14.7 Å². The molecule has 0 aliphatic carbocycles. The summed E-state index contributed by atoms with van der Waals surface area (Å²) in [6, 6.07) is 16.9. The lowest BCUT2D eigenvalue weighted by Gasteiger charge is -2.37. The molecular weight excluding hydrogens is 336 g/mol. The van der Waals surface area contributed by atoms with Gasteiger partial charge in [-0.25, -0.2) is 9.59 Å². The molecular formula is C20H20O6. The number of rotatable bonds is 4. The number of hydrogen-bond donors (Lipinski definition) is 1. The van der Waals surface area contributed by atoms with E-state index in [4.69, 9.17) is 14.2 Å². The zero-order chi connectivity index (χ0) is 18.5. The fourth-order valence-electron chi connectivity index (χ4n) is 2.81. The van der Waals surface area contributed by atoms with Gasteiger partial charge >= 0.3 is 11.9 Å². The summed E-state index contributed by atoms with van der Waals surface area (Å²) in [7, 11) is 0. The highest BCUT2D eigenvalue weighted by Gasteiger charge is 2.42. The highest BCUT2D eigenvalue weighted by atomic mass is 16.7. The van der Waals surface area contributed by atoms with Gasteiger partial charge in [0, 0.05) is 6.42 Å². The van der Waals surface area contributed by atoms with Gasteiger partial charge in [-0.2, -0.15) is 0 Å². The van der Waals surface area contributed by atoms with Crippen molar-refractivity contribution in [1.29, 1.82) is 0 Å². The Kier molecular flexibility index (Phi) is 5.65. The molecule has 0 radical (unpaired) electrons. The van der Waals surface area contributed by atoms with Gasteiger partial charge in [-0.15, -0.1) is 0 Å². The van der Waals surface area contributed by atoms with Crippen LogP contribution in [0.5, 0.6) is 0 Å². The molecule has 1 heterocycles. The Morgan fingerprint density at radius 3 is 1.96 bits per heavy atom. The fourth-order valence-corrected chi connectivity index (χ4v) is 2.81. The third-order valence-corrected chi connectivity index (χ3v) is 4.10. The van der Waals surface area contributed by atoms with Gasteiger partial charge in [-0.1, -0.05) is 36.4 Å². The standard InChI is InChI=1S/C20H20O6/c1-13-12-16(25-18(21)14-8-4-2-5-9-14)17(20(23)24-13)26-19(22)15-10-6-3-7-11-15/h2-11,13,16-17,20,23H,12H2,1H3/t13?,16-,17?,20+/m0/s1. The molecule has 3 rings (SSSR count). The third-order valence-electron chi connectivity index (χ3n) is 4.10. The minimum atomic E-state index is -1.38. The molecule has 6 heteroatoms. The van der Waals surface area contributed by atoms with Crippen molar-refractivity contribution in [2.75, 3.05) is 0 Å². The first-order valence-electron chi connectivity index (χ1n) is 8.40. The molecule has 26 heavy (non-hydrogen) atoms. The average molecular weight is 356 g/mol. The van der Waals surface area contributed by atoms with Gasteiger partial charge < -0.3 is 19.3 Å². The van der Waals surface area contributed by atoms with Gasteiger partial charge in [-0.3, -0.25) is 0 Å². The highest BCUT2D eigenvalue weighted by Crippen LogP contribution is 2.25. The Balaban J connectivity index is 1.74. The second-order valence-electron chi connectivity index (χ2n) is 6.12. The van der Waals surface area contributed by atoms with E-state index in [-0.39, 0.29) is 6.10 Å². The number of aliphatic hydroxyl groups is 1. The fraction of sp³-hybridized carbons (Fsp3) is 0.300. The largest absolute Gasteiger partial charge is 0.455 e. The van der Waals surface area contributed by atoms with Crippen molar-refractivity contribution < 1.29 is 28.9 Å². The van der Waals surface area contributed by atoms with Crippen molar-refractivity contribution in [3.8, 4) is 0 Å². The van der Waals surface area contributed by atoms with Crippen LogP contribution < -0.4 is 0 Å². The predicted molar refractivity (Wildman–Crippen MR) is 92.5 cm³/mol. The monoisotopic (exact) mass is 356 g/mol. The quantitative estimate of drug-likeness (QED) is 0.848. The van der Waals surface area contributed by atoms with Crippen molar-refractivity contribution in [2.45, 2.75) is 37.9 Å². The lowest BCUT2D eigenvalue weighted by atomic mass is 10.0. The molecule has 0 aromatic heterocycles. The Bertz CT molecular complexity index is 745. The molecule has 4 atom stereocenters. The number of benzene rings is 2. The van der Waals surface area contributed by atoms with Crippen molar-refractivity contribution in [1.82, 2.24) is 0 Å². The molecule has 6 nitrogen and oxygen atoms in total. The van der Waals surface area contributed by atoms with Crippen LogP contribution in [0, 0.1) is 0 Å². The minimum Gasteiger partial charge on any atom is -0.455 e. The van der Waals surface area contributed by atoms with Crippen LogP contribution in [-0.2, 0) is 14.2 Å². The minimum absolute atomic E-state index is 0.308. The van der Waals surface area contributed by atoms with Crippen LogP contribution in [0.3, 0.4) is 0 Å². The molecule has 0 saturated carbocycles. The van der Waals surface area contributed by atoms with E-state index in [1.807, 2.05) is 0 Å². The van der Waals surface area contributed by atoms with Crippen LogP contribution in [0.2, 0.25) is 0 Å². The number of esters is 2. The second-order valence-corrected chi connectivity index (χ2v) is 6.12. The van der Waals surface area contributed by atoms with Gasteiger partial charge in [0.25, 0.3) is 0 Å². The molecule has 1 aliphatic rings. The van der Waals surface area contributed by atoms with Crippen LogP contribution in [0.4, 0.5) is 0 Å². The molecule has 2 aromatic rings. The van der Waals surface area contributed by atoms with Gasteiger partial charge in [-0.05, 0) is 31.2 Å². The Morgan fingerprint density at radius 2 is 1.42 bits per heavy atom.